The minimum atomic E-state index is -0.824. The highest BCUT2D eigenvalue weighted by molar-refractivity contribution is 5.94. The fourth-order valence-corrected chi connectivity index (χ4v) is 5.99. The Hall–Kier alpha value is -3.63. The summed E-state index contributed by atoms with van der Waals surface area (Å²) in [5.74, 6) is -2.68. The first-order valence-electron chi connectivity index (χ1n) is 14.2. The first-order chi connectivity index (χ1) is 19.8. The lowest BCUT2D eigenvalue weighted by molar-refractivity contribution is -0.138. The summed E-state index contributed by atoms with van der Waals surface area (Å²) in [6.07, 6.45) is 4.47. The third-order valence-corrected chi connectivity index (χ3v) is 8.34. The number of aliphatic hydroxyl groups is 1. The fraction of sp³-hybridized carbons (Fsp3) is 0.452. The molecule has 4 atom stereocenters. The zero-order valence-corrected chi connectivity index (χ0v) is 23.1. The Labute approximate surface area is 238 Å². The van der Waals surface area contributed by atoms with Crippen molar-refractivity contribution < 1.29 is 28.0 Å². The summed E-state index contributed by atoms with van der Waals surface area (Å²) < 4.78 is 32.7. The fourth-order valence-electron chi connectivity index (χ4n) is 5.99. The summed E-state index contributed by atoms with van der Waals surface area (Å²) in [5.41, 5.74) is 1.06. The van der Waals surface area contributed by atoms with Crippen LogP contribution in [0.25, 0.3) is 11.3 Å². The molecular weight excluding hydrogens is 530 g/mol. The largest absolute Gasteiger partial charge is 0.391 e. The Morgan fingerprint density at radius 1 is 1.10 bits per heavy atom. The first kappa shape index (κ1) is 28.9. The molecule has 218 valence electrons. The van der Waals surface area contributed by atoms with Gasteiger partial charge in [-0.1, -0.05) is 48.3 Å². The van der Waals surface area contributed by atoms with Crippen molar-refractivity contribution in [3.8, 4) is 11.3 Å². The maximum Gasteiger partial charge on any atom is 0.273 e. The van der Waals surface area contributed by atoms with Crippen molar-refractivity contribution in [2.75, 3.05) is 26.7 Å². The van der Waals surface area contributed by atoms with Gasteiger partial charge in [0.15, 0.2) is 11.5 Å². The molecule has 1 saturated carbocycles. The molecular formula is C31H36F2N4O4. The van der Waals surface area contributed by atoms with Gasteiger partial charge in [0, 0.05) is 50.9 Å². The van der Waals surface area contributed by atoms with E-state index in [0.29, 0.717) is 32.5 Å². The zero-order valence-electron chi connectivity index (χ0n) is 23.1. The Morgan fingerprint density at radius 2 is 1.88 bits per heavy atom. The lowest BCUT2D eigenvalue weighted by Gasteiger charge is -2.45. The molecule has 0 radical (unpaired) electrons. The second kappa shape index (κ2) is 12.9. The van der Waals surface area contributed by atoms with Crippen molar-refractivity contribution in [2.24, 2.45) is 5.92 Å². The van der Waals surface area contributed by atoms with Gasteiger partial charge in [-0.2, -0.15) is 0 Å². The molecule has 8 nitrogen and oxygen atoms in total. The smallest absolute Gasteiger partial charge is 0.273 e. The number of likely N-dealkylation sites (tertiary alicyclic amines) is 1. The molecule has 0 unspecified atom stereocenters. The van der Waals surface area contributed by atoms with E-state index in [2.05, 4.69) is 15.4 Å². The minimum absolute atomic E-state index is 0.00188. The van der Waals surface area contributed by atoms with Gasteiger partial charge in [0.2, 0.25) is 5.91 Å². The molecule has 41 heavy (non-hydrogen) atoms. The normalized spacial score (nSPS) is 23.2. The predicted octanol–water partition coefficient (Wildman–Crippen LogP) is 4.04. The van der Waals surface area contributed by atoms with Crippen LogP contribution >= 0.6 is 0 Å². The van der Waals surface area contributed by atoms with Gasteiger partial charge in [0.05, 0.1) is 17.6 Å². The van der Waals surface area contributed by atoms with Crippen molar-refractivity contribution in [2.45, 2.75) is 56.7 Å². The molecule has 1 saturated heterocycles. The van der Waals surface area contributed by atoms with E-state index in [1.54, 1.807) is 11.9 Å². The molecule has 1 aromatic heterocycles. The van der Waals surface area contributed by atoms with Crippen LogP contribution in [0.2, 0.25) is 0 Å². The van der Waals surface area contributed by atoms with Crippen molar-refractivity contribution >= 4 is 11.8 Å². The number of likely N-dealkylation sites (N-methyl/N-ethyl adjacent to an activating group) is 1. The molecule has 1 aliphatic carbocycles. The second-order valence-electron chi connectivity index (χ2n) is 11.1. The van der Waals surface area contributed by atoms with Crippen molar-refractivity contribution in [1.82, 2.24) is 20.3 Å². The molecule has 2 heterocycles. The number of piperidine rings is 1. The first-order valence-corrected chi connectivity index (χ1v) is 14.2. The van der Waals surface area contributed by atoms with Crippen LogP contribution in [0.3, 0.4) is 0 Å². The Bertz CT molecular complexity index is 1350. The van der Waals surface area contributed by atoms with E-state index in [1.807, 2.05) is 30.3 Å². The number of benzene rings is 2. The van der Waals surface area contributed by atoms with Gasteiger partial charge in [0.25, 0.3) is 5.91 Å². The summed E-state index contributed by atoms with van der Waals surface area (Å²) >= 11 is 0. The van der Waals surface area contributed by atoms with E-state index in [-0.39, 0.29) is 29.0 Å². The number of hydrogen-bond donors (Lipinski definition) is 2. The van der Waals surface area contributed by atoms with E-state index in [1.165, 1.54) is 12.1 Å². The average Bonchev–Trinajstić information content (AvgIpc) is 3.47. The number of aliphatic hydroxyl groups excluding tert-OH is 1. The highest BCUT2D eigenvalue weighted by atomic mass is 19.1. The number of carbonyl (C=O) groups is 2. The van der Waals surface area contributed by atoms with E-state index < -0.39 is 35.6 Å². The number of nitrogens with zero attached hydrogens (tertiary/aromatic N) is 3. The predicted molar refractivity (Wildman–Crippen MR) is 149 cm³/mol. The van der Waals surface area contributed by atoms with Gasteiger partial charge in [-0.25, -0.2) is 8.78 Å². The van der Waals surface area contributed by atoms with Crippen LogP contribution < -0.4 is 5.32 Å². The molecule has 2 aliphatic rings. The molecule has 0 bridgehead atoms. The van der Waals surface area contributed by atoms with Crippen molar-refractivity contribution in [3.63, 3.8) is 0 Å². The van der Waals surface area contributed by atoms with E-state index >= 15 is 0 Å². The topological polar surface area (TPSA) is 98.9 Å². The molecule has 3 aromatic rings. The number of amides is 2. The highest BCUT2D eigenvalue weighted by Crippen LogP contribution is 2.29. The summed E-state index contributed by atoms with van der Waals surface area (Å²) in [6, 6.07) is 13.8. The molecule has 5 rings (SSSR count). The zero-order chi connectivity index (χ0) is 28.9. The minimum Gasteiger partial charge on any atom is -0.391 e. The quantitative estimate of drug-likeness (QED) is 0.427. The molecule has 10 heteroatoms. The monoisotopic (exact) mass is 566 g/mol. The molecule has 2 aromatic carbocycles. The standard InChI is InChI=1S/C31H36F2N4O4/c1-36(15-13-20-7-3-2-4-8-20)31(40)23-19-37(27-9-5-6-10-28(27)38)16-14-25(23)34-30(39)26-18-29(41-35-26)22-12-11-21(32)17-24(22)33/h2-4,7-8,11-12,17-18,23,25,27-28,38H,5-6,9-10,13-16,19H2,1H3,(H,34,39)/t23-,25-,27-,28+/m0/s1. The maximum absolute atomic E-state index is 14.2. The summed E-state index contributed by atoms with van der Waals surface area (Å²) in [7, 11) is 1.78. The number of carbonyl (C=O) groups excluding carboxylic acids is 2. The maximum atomic E-state index is 14.2. The van der Waals surface area contributed by atoms with Gasteiger partial charge in [-0.3, -0.25) is 14.5 Å². The number of halogens is 2. The Balaban J connectivity index is 1.30. The van der Waals surface area contributed by atoms with E-state index in [9.17, 15) is 23.5 Å². The molecule has 1 aliphatic heterocycles. The summed E-state index contributed by atoms with van der Waals surface area (Å²) in [4.78, 5) is 30.9. The number of aromatic nitrogens is 1. The third kappa shape index (κ3) is 6.82. The molecule has 2 fully saturated rings. The van der Waals surface area contributed by atoms with Crippen LogP contribution in [0, 0.1) is 17.6 Å². The summed E-state index contributed by atoms with van der Waals surface area (Å²) in [5, 5.41) is 17.5. The van der Waals surface area contributed by atoms with Crippen LogP contribution in [-0.2, 0) is 11.2 Å². The third-order valence-electron chi connectivity index (χ3n) is 8.34. The molecule has 2 N–H and O–H groups in total. The number of nitrogens with one attached hydrogen (secondary N) is 1. The Kier molecular flexibility index (Phi) is 9.09. The van der Waals surface area contributed by atoms with Gasteiger partial charge < -0.3 is 19.8 Å². The van der Waals surface area contributed by atoms with Crippen molar-refractivity contribution in [1.29, 1.82) is 0 Å². The average molecular weight is 567 g/mol. The van der Waals surface area contributed by atoms with Crippen LogP contribution in [0.1, 0.15) is 48.2 Å². The van der Waals surface area contributed by atoms with Crippen molar-refractivity contribution in [3.05, 3.63) is 77.5 Å². The summed E-state index contributed by atoms with van der Waals surface area (Å²) in [6.45, 7) is 1.59. The lowest BCUT2D eigenvalue weighted by Crippen LogP contribution is -2.59. The van der Waals surface area contributed by atoms with Crippen LogP contribution in [0.4, 0.5) is 8.78 Å². The molecule has 0 spiro atoms. The van der Waals surface area contributed by atoms with Gasteiger partial charge >= 0.3 is 0 Å². The number of hydrogen-bond acceptors (Lipinski definition) is 6. The van der Waals surface area contributed by atoms with E-state index in [4.69, 9.17) is 4.52 Å². The van der Waals surface area contributed by atoms with Gasteiger partial charge in [-0.15, -0.1) is 0 Å². The lowest BCUT2D eigenvalue weighted by atomic mass is 9.85. The van der Waals surface area contributed by atoms with Crippen LogP contribution in [0.5, 0.6) is 0 Å². The highest BCUT2D eigenvalue weighted by Gasteiger charge is 2.41. The van der Waals surface area contributed by atoms with Gasteiger partial charge in [0.1, 0.15) is 11.6 Å². The molecule has 2 amide bonds. The SMILES string of the molecule is CN(CCc1ccccc1)C(=O)[C@H]1CN([C@H]2CCCC[C@H]2O)CC[C@@H]1NC(=O)c1cc(-c2ccc(F)cc2F)on1. The van der Waals surface area contributed by atoms with E-state index in [0.717, 1.165) is 43.4 Å². The van der Waals surface area contributed by atoms with Gasteiger partial charge in [-0.05, 0) is 43.4 Å². The number of rotatable bonds is 8. The van der Waals surface area contributed by atoms with Crippen LogP contribution in [-0.4, -0.2) is 76.7 Å². The Morgan fingerprint density at radius 3 is 2.63 bits per heavy atom. The van der Waals surface area contributed by atoms with Crippen LogP contribution in [0.15, 0.2) is 59.1 Å². The second-order valence-corrected chi connectivity index (χ2v) is 11.1.